The molecule has 148 valence electrons. The van der Waals surface area contributed by atoms with Gasteiger partial charge in [-0.1, -0.05) is 12.1 Å². The SMILES string of the molecule is C/C(=N\Nc1ccc(S(=O)(=O)N2CCCC2)cc1[N+](=O)[O-])c1ccccc1O. The van der Waals surface area contributed by atoms with Crippen LogP contribution in [0.4, 0.5) is 11.4 Å². The van der Waals surface area contributed by atoms with Crippen molar-refractivity contribution < 1.29 is 18.4 Å². The molecule has 1 aliphatic heterocycles. The molecule has 0 atom stereocenters. The van der Waals surface area contributed by atoms with Gasteiger partial charge in [-0.15, -0.1) is 0 Å². The van der Waals surface area contributed by atoms with E-state index in [1.165, 1.54) is 22.5 Å². The highest BCUT2D eigenvalue weighted by Gasteiger charge is 2.29. The van der Waals surface area contributed by atoms with Crippen molar-refractivity contribution in [3.63, 3.8) is 0 Å². The van der Waals surface area contributed by atoms with E-state index in [0.29, 0.717) is 24.4 Å². The largest absolute Gasteiger partial charge is 0.507 e. The summed E-state index contributed by atoms with van der Waals surface area (Å²) in [6, 6.07) is 10.3. The van der Waals surface area contributed by atoms with Gasteiger partial charge in [0, 0.05) is 24.7 Å². The van der Waals surface area contributed by atoms with Gasteiger partial charge in [-0.2, -0.15) is 9.41 Å². The van der Waals surface area contributed by atoms with E-state index in [1.807, 2.05) is 0 Å². The molecular formula is C18H20N4O5S. The van der Waals surface area contributed by atoms with Crippen molar-refractivity contribution >= 4 is 27.1 Å². The van der Waals surface area contributed by atoms with Gasteiger partial charge in [-0.3, -0.25) is 15.5 Å². The Hall–Kier alpha value is -2.98. The second kappa shape index (κ2) is 7.95. The maximum Gasteiger partial charge on any atom is 0.295 e. The molecule has 10 heteroatoms. The zero-order valence-electron chi connectivity index (χ0n) is 15.2. The summed E-state index contributed by atoms with van der Waals surface area (Å²) in [5.74, 6) is 0.0344. The Kier molecular flexibility index (Phi) is 5.61. The smallest absolute Gasteiger partial charge is 0.295 e. The predicted octanol–water partition coefficient (Wildman–Crippen LogP) is 2.92. The van der Waals surface area contributed by atoms with Gasteiger partial charge in [-0.05, 0) is 44.0 Å². The van der Waals surface area contributed by atoms with Crippen LogP contribution in [-0.4, -0.2) is 41.6 Å². The highest BCUT2D eigenvalue weighted by molar-refractivity contribution is 7.89. The molecule has 1 fully saturated rings. The minimum absolute atomic E-state index is 0.0344. The summed E-state index contributed by atoms with van der Waals surface area (Å²) >= 11 is 0. The number of nitro benzene ring substituents is 1. The second-order valence-electron chi connectivity index (χ2n) is 6.37. The molecule has 0 unspecified atom stereocenters. The molecule has 1 heterocycles. The van der Waals surface area contributed by atoms with Crippen molar-refractivity contribution in [3.05, 3.63) is 58.1 Å². The highest BCUT2D eigenvalue weighted by atomic mass is 32.2. The molecule has 28 heavy (non-hydrogen) atoms. The van der Waals surface area contributed by atoms with Gasteiger partial charge in [-0.25, -0.2) is 8.42 Å². The number of para-hydroxylation sites is 1. The van der Waals surface area contributed by atoms with E-state index in [0.717, 1.165) is 18.9 Å². The van der Waals surface area contributed by atoms with Crippen molar-refractivity contribution in [2.24, 2.45) is 5.10 Å². The first-order valence-electron chi connectivity index (χ1n) is 8.68. The van der Waals surface area contributed by atoms with E-state index in [4.69, 9.17) is 0 Å². The lowest BCUT2D eigenvalue weighted by molar-refractivity contribution is -0.384. The number of nitrogens with zero attached hydrogens (tertiary/aromatic N) is 3. The maximum absolute atomic E-state index is 12.6. The number of anilines is 1. The number of rotatable bonds is 6. The summed E-state index contributed by atoms with van der Waals surface area (Å²) in [6.45, 7) is 2.47. The van der Waals surface area contributed by atoms with E-state index in [-0.39, 0.29) is 16.3 Å². The molecule has 3 rings (SSSR count). The van der Waals surface area contributed by atoms with E-state index in [2.05, 4.69) is 10.5 Å². The van der Waals surface area contributed by atoms with E-state index >= 15 is 0 Å². The van der Waals surface area contributed by atoms with Gasteiger partial charge in [0.05, 0.1) is 15.5 Å². The Morgan fingerprint density at radius 1 is 1.21 bits per heavy atom. The Balaban J connectivity index is 1.91. The Morgan fingerprint density at radius 2 is 1.89 bits per heavy atom. The summed E-state index contributed by atoms with van der Waals surface area (Å²) in [5, 5.41) is 25.4. The molecule has 2 aromatic rings. The van der Waals surface area contributed by atoms with Gasteiger partial charge >= 0.3 is 0 Å². The molecule has 9 nitrogen and oxygen atoms in total. The highest BCUT2D eigenvalue weighted by Crippen LogP contribution is 2.30. The molecule has 0 spiro atoms. The monoisotopic (exact) mass is 404 g/mol. The molecule has 0 aromatic heterocycles. The molecule has 0 radical (unpaired) electrons. The van der Waals surface area contributed by atoms with E-state index < -0.39 is 20.6 Å². The summed E-state index contributed by atoms with van der Waals surface area (Å²) in [6.07, 6.45) is 1.56. The van der Waals surface area contributed by atoms with Gasteiger partial charge in [0.2, 0.25) is 10.0 Å². The van der Waals surface area contributed by atoms with Gasteiger partial charge in [0.25, 0.3) is 5.69 Å². The van der Waals surface area contributed by atoms with Crippen molar-refractivity contribution in [2.45, 2.75) is 24.7 Å². The van der Waals surface area contributed by atoms with Crippen LogP contribution >= 0.6 is 0 Å². The van der Waals surface area contributed by atoms with Crippen LogP contribution in [0, 0.1) is 10.1 Å². The standard InChI is InChI=1S/C18H20N4O5S/c1-13(15-6-2-3-7-18(15)23)19-20-16-9-8-14(12-17(16)22(24)25)28(26,27)21-10-4-5-11-21/h2-3,6-9,12,20,23H,4-5,10-11H2,1H3/b19-13+. The van der Waals surface area contributed by atoms with Crippen molar-refractivity contribution in [3.8, 4) is 5.75 Å². The topological polar surface area (TPSA) is 125 Å². The molecule has 0 amide bonds. The number of benzene rings is 2. The van der Waals surface area contributed by atoms with Crippen LogP contribution in [0.1, 0.15) is 25.3 Å². The molecule has 1 saturated heterocycles. The Bertz CT molecular complexity index is 1030. The van der Waals surface area contributed by atoms with Crippen molar-refractivity contribution in [1.29, 1.82) is 0 Å². The van der Waals surface area contributed by atoms with Crippen LogP contribution in [0.5, 0.6) is 5.75 Å². The Morgan fingerprint density at radius 3 is 2.54 bits per heavy atom. The van der Waals surface area contributed by atoms with Gasteiger partial charge < -0.3 is 5.11 Å². The van der Waals surface area contributed by atoms with Crippen LogP contribution < -0.4 is 5.43 Å². The quantitative estimate of drug-likeness (QED) is 0.433. The minimum atomic E-state index is -3.76. The number of phenols is 1. The maximum atomic E-state index is 12.6. The number of nitrogens with one attached hydrogen (secondary N) is 1. The van der Waals surface area contributed by atoms with Crippen LogP contribution in [-0.2, 0) is 10.0 Å². The number of nitro groups is 1. The third kappa shape index (κ3) is 3.97. The van der Waals surface area contributed by atoms with Crippen molar-refractivity contribution in [2.75, 3.05) is 18.5 Å². The van der Waals surface area contributed by atoms with Crippen LogP contribution in [0.25, 0.3) is 0 Å². The normalized spacial score (nSPS) is 15.5. The zero-order valence-corrected chi connectivity index (χ0v) is 16.0. The molecule has 2 N–H and O–H groups in total. The summed E-state index contributed by atoms with van der Waals surface area (Å²) in [5.41, 5.74) is 3.15. The lowest BCUT2D eigenvalue weighted by Crippen LogP contribution is -2.27. The van der Waals surface area contributed by atoms with Gasteiger partial charge in [0.1, 0.15) is 11.4 Å². The van der Waals surface area contributed by atoms with Crippen LogP contribution in [0.3, 0.4) is 0 Å². The molecular weight excluding hydrogens is 384 g/mol. The number of phenolic OH excluding ortho intramolecular Hbond substituents is 1. The molecule has 0 saturated carbocycles. The fraction of sp³-hybridized carbons (Fsp3) is 0.278. The van der Waals surface area contributed by atoms with Crippen LogP contribution in [0.15, 0.2) is 52.5 Å². The molecule has 0 bridgehead atoms. The van der Waals surface area contributed by atoms with E-state index in [1.54, 1.807) is 25.1 Å². The number of hydrazone groups is 1. The third-order valence-electron chi connectivity index (χ3n) is 4.51. The first-order chi connectivity index (χ1) is 13.3. The predicted molar refractivity (Wildman–Crippen MR) is 105 cm³/mol. The summed E-state index contributed by atoms with van der Waals surface area (Å²) in [7, 11) is -3.76. The lowest BCUT2D eigenvalue weighted by Gasteiger charge is -2.15. The molecule has 2 aromatic carbocycles. The zero-order chi connectivity index (χ0) is 20.3. The second-order valence-corrected chi connectivity index (χ2v) is 8.31. The van der Waals surface area contributed by atoms with Crippen LogP contribution in [0.2, 0.25) is 0 Å². The fourth-order valence-electron chi connectivity index (χ4n) is 2.98. The fourth-order valence-corrected chi connectivity index (χ4v) is 4.52. The summed E-state index contributed by atoms with van der Waals surface area (Å²) in [4.78, 5) is 10.7. The van der Waals surface area contributed by atoms with Gasteiger partial charge in [0.15, 0.2) is 0 Å². The first-order valence-corrected chi connectivity index (χ1v) is 10.1. The third-order valence-corrected chi connectivity index (χ3v) is 6.40. The number of aromatic hydroxyl groups is 1. The first kappa shape index (κ1) is 19.8. The lowest BCUT2D eigenvalue weighted by atomic mass is 10.1. The number of sulfonamides is 1. The average molecular weight is 404 g/mol. The van der Waals surface area contributed by atoms with E-state index in [9.17, 15) is 23.6 Å². The molecule has 1 aliphatic rings. The summed E-state index contributed by atoms with van der Waals surface area (Å²) < 4.78 is 26.6. The average Bonchev–Trinajstić information content (AvgIpc) is 3.22. The number of hydrogen-bond donors (Lipinski definition) is 2. The minimum Gasteiger partial charge on any atom is -0.507 e. The molecule has 0 aliphatic carbocycles. The Labute approximate surface area is 162 Å². The number of hydrogen-bond acceptors (Lipinski definition) is 7. The van der Waals surface area contributed by atoms with Crippen molar-refractivity contribution in [1.82, 2.24) is 4.31 Å².